The second kappa shape index (κ2) is 8.41. The number of fused-ring (bicyclic) bond motifs is 1. The Kier molecular flexibility index (Phi) is 5.56. The number of benzene rings is 3. The van der Waals surface area contributed by atoms with Crippen molar-refractivity contribution in [3.8, 4) is 0 Å². The van der Waals surface area contributed by atoms with Crippen LogP contribution in [0.1, 0.15) is 22.7 Å². The molecule has 1 amide bonds. The minimum Gasteiger partial charge on any atom is -0.507 e. The van der Waals surface area contributed by atoms with Crippen LogP contribution < -0.4 is 4.90 Å². The summed E-state index contributed by atoms with van der Waals surface area (Å²) >= 11 is 10.8. The van der Waals surface area contributed by atoms with E-state index in [2.05, 4.69) is 20.9 Å². The lowest BCUT2D eigenvalue weighted by molar-refractivity contribution is -0.132. The van der Waals surface area contributed by atoms with E-state index in [1.54, 1.807) is 24.3 Å². The molecule has 33 heavy (non-hydrogen) atoms. The van der Waals surface area contributed by atoms with Gasteiger partial charge in [-0.05, 0) is 66.6 Å². The number of nitrogens with zero attached hydrogens (tertiary/aromatic N) is 2. The number of hydrogen-bond acceptors (Lipinski definition) is 5. The molecule has 1 aliphatic rings. The maximum atomic E-state index is 13.3. The predicted molar refractivity (Wildman–Crippen MR) is 135 cm³/mol. The van der Waals surface area contributed by atoms with Gasteiger partial charge in [-0.3, -0.25) is 14.5 Å². The maximum Gasteiger partial charge on any atom is 0.301 e. The molecule has 164 valence electrons. The van der Waals surface area contributed by atoms with Gasteiger partial charge >= 0.3 is 5.91 Å². The van der Waals surface area contributed by atoms with E-state index in [1.165, 1.54) is 16.2 Å². The van der Waals surface area contributed by atoms with E-state index >= 15 is 0 Å². The number of amides is 1. The number of aryl methyl sites for hydroxylation is 1. The standard InChI is InChI=1S/C25H16BrClN2O3S/c1-13-5-10-18-19(11-13)33-25(28-18)29-21(15-3-2-4-16(26)12-15)20(23(31)24(29)32)22(30)14-6-8-17(27)9-7-14/h2-12,21,30H,1H3. The zero-order valence-corrected chi connectivity index (χ0v) is 20.4. The molecule has 0 saturated carbocycles. The highest BCUT2D eigenvalue weighted by Crippen LogP contribution is 2.44. The second-order valence-corrected chi connectivity index (χ2v) is 10.1. The Bertz CT molecular complexity index is 1460. The first-order valence-corrected chi connectivity index (χ1v) is 12.0. The summed E-state index contributed by atoms with van der Waals surface area (Å²) in [5, 5.41) is 12.1. The van der Waals surface area contributed by atoms with Crippen molar-refractivity contribution >= 4 is 71.7 Å². The summed E-state index contributed by atoms with van der Waals surface area (Å²) < 4.78 is 1.70. The van der Waals surface area contributed by atoms with E-state index in [-0.39, 0.29) is 11.3 Å². The van der Waals surface area contributed by atoms with Crippen LogP contribution in [0, 0.1) is 6.92 Å². The van der Waals surface area contributed by atoms with Crippen molar-refractivity contribution in [2.24, 2.45) is 0 Å². The Labute approximate surface area is 207 Å². The lowest BCUT2D eigenvalue weighted by Crippen LogP contribution is -2.29. The van der Waals surface area contributed by atoms with Crippen LogP contribution in [0.2, 0.25) is 5.02 Å². The van der Waals surface area contributed by atoms with E-state index < -0.39 is 17.7 Å². The molecule has 1 N–H and O–H groups in total. The van der Waals surface area contributed by atoms with Gasteiger partial charge in [-0.1, -0.05) is 57.1 Å². The summed E-state index contributed by atoms with van der Waals surface area (Å²) in [6, 6.07) is 18.8. The highest BCUT2D eigenvalue weighted by molar-refractivity contribution is 9.10. The van der Waals surface area contributed by atoms with Crippen LogP contribution in [0.25, 0.3) is 16.0 Å². The summed E-state index contributed by atoms with van der Waals surface area (Å²) in [7, 11) is 0. The Balaban J connectivity index is 1.74. The number of ketones is 1. The maximum absolute atomic E-state index is 13.3. The normalized spacial score (nSPS) is 17.8. The molecule has 0 bridgehead atoms. The van der Waals surface area contributed by atoms with Gasteiger partial charge in [-0.15, -0.1) is 0 Å². The molecule has 5 rings (SSSR count). The molecule has 0 spiro atoms. The predicted octanol–water partition coefficient (Wildman–Crippen LogP) is 6.65. The van der Waals surface area contributed by atoms with Gasteiger partial charge in [-0.25, -0.2) is 4.98 Å². The smallest absolute Gasteiger partial charge is 0.301 e. The first-order chi connectivity index (χ1) is 15.8. The summed E-state index contributed by atoms with van der Waals surface area (Å²) in [5.74, 6) is -1.75. The van der Waals surface area contributed by atoms with Gasteiger partial charge in [0, 0.05) is 15.1 Å². The van der Waals surface area contributed by atoms with Crippen LogP contribution in [0.5, 0.6) is 0 Å². The summed E-state index contributed by atoms with van der Waals surface area (Å²) in [5.41, 5.74) is 2.90. The molecule has 0 radical (unpaired) electrons. The van der Waals surface area contributed by atoms with Crippen molar-refractivity contribution in [2.45, 2.75) is 13.0 Å². The molecule has 1 atom stereocenters. The van der Waals surface area contributed by atoms with E-state index in [4.69, 9.17) is 11.6 Å². The van der Waals surface area contributed by atoms with E-state index in [0.717, 1.165) is 20.3 Å². The van der Waals surface area contributed by atoms with Gasteiger partial charge in [0.25, 0.3) is 5.78 Å². The van der Waals surface area contributed by atoms with Crippen LogP contribution in [0.15, 0.2) is 76.8 Å². The van der Waals surface area contributed by atoms with Gasteiger partial charge in [-0.2, -0.15) is 0 Å². The lowest BCUT2D eigenvalue weighted by atomic mass is 9.95. The van der Waals surface area contributed by atoms with E-state index in [1.807, 2.05) is 49.4 Å². The molecule has 4 aromatic rings. The average Bonchev–Trinajstić information content (AvgIpc) is 3.32. The fourth-order valence-corrected chi connectivity index (χ4v) is 5.54. The number of carbonyl (C=O) groups excluding carboxylic acids is 2. The Morgan fingerprint density at radius 2 is 1.85 bits per heavy atom. The molecular formula is C25H16BrClN2O3S. The quantitative estimate of drug-likeness (QED) is 0.180. The number of halogens is 2. The third kappa shape index (κ3) is 3.86. The third-order valence-electron chi connectivity index (χ3n) is 5.47. The number of thiazole rings is 1. The molecule has 1 saturated heterocycles. The molecule has 1 aliphatic heterocycles. The fourth-order valence-electron chi connectivity index (χ4n) is 3.91. The lowest BCUT2D eigenvalue weighted by Gasteiger charge is -2.23. The zero-order chi connectivity index (χ0) is 23.3. The van der Waals surface area contributed by atoms with Crippen LogP contribution in [0.4, 0.5) is 5.13 Å². The van der Waals surface area contributed by atoms with E-state index in [0.29, 0.717) is 21.3 Å². The summed E-state index contributed by atoms with van der Waals surface area (Å²) in [4.78, 5) is 32.5. The van der Waals surface area contributed by atoms with Crippen molar-refractivity contribution < 1.29 is 14.7 Å². The Morgan fingerprint density at radius 3 is 2.58 bits per heavy atom. The van der Waals surface area contributed by atoms with Gasteiger partial charge in [0.05, 0.1) is 21.8 Å². The number of carbonyl (C=O) groups is 2. The number of hydrogen-bond donors (Lipinski definition) is 1. The molecule has 0 aliphatic carbocycles. The van der Waals surface area contributed by atoms with Gasteiger partial charge in [0.15, 0.2) is 5.13 Å². The van der Waals surface area contributed by atoms with Crippen LogP contribution >= 0.6 is 38.9 Å². The number of Topliss-reactive ketones (excluding diaryl/α,β-unsaturated/α-hetero) is 1. The fraction of sp³-hybridized carbons (Fsp3) is 0.0800. The number of rotatable bonds is 3. The first-order valence-electron chi connectivity index (χ1n) is 10.0. The second-order valence-electron chi connectivity index (χ2n) is 7.70. The highest BCUT2D eigenvalue weighted by Gasteiger charge is 2.48. The average molecular weight is 540 g/mol. The van der Waals surface area contributed by atoms with E-state index in [9.17, 15) is 14.7 Å². The minimum absolute atomic E-state index is 0.0101. The minimum atomic E-state index is -0.833. The van der Waals surface area contributed by atoms with Crippen molar-refractivity contribution in [2.75, 3.05) is 4.90 Å². The highest BCUT2D eigenvalue weighted by atomic mass is 79.9. The summed E-state index contributed by atoms with van der Waals surface area (Å²) in [6.45, 7) is 1.98. The third-order valence-corrected chi connectivity index (χ3v) is 7.23. The SMILES string of the molecule is Cc1ccc2nc(N3C(=O)C(=O)C(=C(O)c4ccc(Cl)cc4)C3c3cccc(Br)c3)sc2c1. The van der Waals surface area contributed by atoms with Crippen LogP contribution in [0.3, 0.4) is 0 Å². The zero-order valence-electron chi connectivity index (χ0n) is 17.3. The van der Waals surface area contributed by atoms with Crippen LogP contribution in [-0.4, -0.2) is 21.8 Å². The van der Waals surface area contributed by atoms with Gasteiger partial charge in [0.2, 0.25) is 0 Å². The number of aliphatic hydroxyl groups excluding tert-OH is 1. The topological polar surface area (TPSA) is 70.5 Å². The monoisotopic (exact) mass is 538 g/mol. The van der Waals surface area contributed by atoms with Crippen molar-refractivity contribution in [3.05, 3.63) is 98.5 Å². The molecule has 1 aromatic heterocycles. The Morgan fingerprint density at radius 1 is 1.09 bits per heavy atom. The number of anilines is 1. The van der Waals surface area contributed by atoms with Gasteiger partial charge < -0.3 is 5.11 Å². The molecule has 5 nitrogen and oxygen atoms in total. The molecule has 8 heteroatoms. The molecule has 2 heterocycles. The van der Waals surface area contributed by atoms with Crippen molar-refractivity contribution in [1.29, 1.82) is 0 Å². The molecule has 1 unspecified atom stereocenters. The van der Waals surface area contributed by atoms with Crippen LogP contribution in [-0.2, 0) is 9.59 Å². The first kappa shape index (κ1) is 21.8. The number of aliphatic hydroxyl groups is 1. The Hall–Kier alpha value is -3.00. The molecule has 1 fully saturated rings. The van der Waals surface area contributed by atoms with Crippen molar-refractivity contribution in [1.82, 2.24) is 4.98 Å². The molecular weight excluding hydrogens is 524 g/mol. The largest absolute Gasteiger partial charge is 0.507 e. The number of aromatic nitrogens is 1. The summed E-state index contributed by atoms with van der Waals surface area (Å²) in [6.07, 6.45) is 0. The molecule has 3 aromatic carbocycles. The van der Waals surface area contributed by atoms with Gasteiger partial charge in [0.1, 0.15) is 5.76 Å². The van der Waals surface area contributed by atoms with Crippen molar-refractivity contribution in [3.63, 3.8) is 0 Å².